The first kappa shape index (κ1) is 21.8. The zero-order valence-electron chi connectivity index (χ0n) is 19.8. The number of nitrogens with zero attached hydrogens (tertiary/aromatic N) is 6. The molecule has 1 atom stereocenters. The van der Waals surface area contributed by atoms with Crippen molar-refractivity contribution in [1.82, 2.24) is 29.6 Å². The minimum atomic E-state index is 0.0377. The lowest BCUT2D eigenvalue weighted by molar-refractivity contribution is 0.181. The maximum absolute atomic E-state index is 5.05. The summed E-state index contributed by atoms with van der Waals surface area (Å²) in [4.78, 5) is 14.9. The van der Waals surface area contributed by atoms with E-state index < -0.39 is 0 Å². The number of aryl methyl sites for hydroxylation is 3. The fourth-order valence-electron chi connectivity index (χ4n) is 4.99. The van der Waals surface area contributed by atoms with Gasteiger partial charge in [0.05, 0.1) is 18.0 Å². The van der Waals surface area contributed by atoms with Gasteiger partial charge in [-0.05, 0) is 71.0 Å². The van der Waals surface area contributed by atoms with Crippen LogP contribution in [0.2, 0.25) is 0 Å². The fourth-order valence-corrected chi connectivity index (χ4v) is 6.03. The normalized spacial score (nSPS) is 19.1. The second kappa shape index (κ2) is 9.06. The van der Waals surface area contributed by atoms with Crippen LogP contribution in [0.3, 0.4) is 0 Å². The van der Waals surface area contributed by atoms with Gasteiger partial charge in [0.2, 0.25) is 0 Å². The van der Waals surface area contributed by atoms with Crippen LogP contribution < -0.4 is 5.32 Å². The van der Waals surface area contributed by atoms with E-state index >= 15 is 0 Å². The topological polar surface area (TPSA) is 71.8 Å². The van der Waals surface area contributed by atoms with Crippen LogP contribution in [0.25, 0.3) is 10.2 Å². The van der Waals surface area contributed by atoms with Crippen molar-refractivity contribution < 1.29 is 0 Å². The third-order valence-corrected chi connectivity index (χ3v) is 8.30. The van der Waals surface area contributed by atoms with Crippen LogP contribution in [-0.2, 0) is 19.5 Å². The average Bonchev–Trinajstić information content (AvgIpc) is 3.20. The molecular formula is C24H35N7S. The Hall–Kier alpha value is -2.06. The van der Waals surface area contributed by atoms with E-state index in [0.29, 0.717) is 0 Å². The molecule has 7 nitrogen and oxygen atoms in total. The van der Waals surface area contributed by atoms with Crippen LogP contribution in [0.4, 0.5) is 5.82 Å². The van der Waals surface area contributed by atoms with Gasteiger partial charge < -0.3 is 9.88 Å². The summed E-state index contributed by atoms with van der Waals surface area (Å²) in [5.41, 5.74) is 1.28. The third kappa shape index (κ3) is 4.27. The Morgan fingerprint density at radius 2 is 1.88 bits per heavy atom. The zero-order valence-corrected chi connectivity index (χ0v) is 20.6. The summed E-state index contributed by atoms with van der Waals surface area (Å²) < 4.78 is 2.32. The first-order valence-corrected chi connectivity index (χ1v) is 13.0. The van der Waals surface area contributed by atoms with Crippen molar-refractivity contribution in [2.24, 2.45) is 5.92 Å². The highest BCUT2D eigenvalue weighted by Gasteiger charge is 2.23. The minimum Gasteiger partial charge on any atom is -0.360 e. The van der Waals surface area contributed by atoms with Crippen LogP contribution in [0.15, 0.2) is 0 Å². The molecule has 0 saturated carbocycles. The summed E-state index contributed by atoms with van der Waals surface area (Å²) in [6.45, 7) is 13.0. The van der Waals surface area contributed by atoms with Gasteiger partial charge in [0.1, 0.15) is 22.3 Å². The SMILES string of the molecule is Cc1sc2nc(CN3CCC(C)CC3)nc(N[C@H](C)c3nnc4n3CCCCC4)c2c1C. The number of anilines is 1. The van der Waals surface area contributed by atoms with Gasteiger partial charge in [-0.15, -0.1) is 21.5 Å². The summed E-state index contributed by atoms with van der Waals surface area (Å²) >= 11 is 1.78. The second-order valence-corrected chi connectivity index (χ2v) is 10.9. The van der Waals surface area contributed by atoms with Crippen molar-refractivity contribution in [3.63, 3.8) is 0 Å². The Labute approximate surface area is 194 Å². The molecule has 1 N–H and O–H groups in total. The number of hydrogen-bond donors (Lipinski definition) is 1. The lowest BCUT2D eigenvalue weighted by Crippen LogP contribution is -2.33. The van der Waals surface area contributed by atoms with Crippen molar-refractivity contribution in [1.29, 1.82) is 0 Å². The van der Waals surface area contributed by atoms with Crippen molar-refractivity contribution in [3.8, 4) is 0 Å². The fraction of sp³-hybridized carbons (Fsp3) is 0.667. The Kier molecular flexibility index (Phi) is 6.16. The van der Waals surface area contributed by atoms with Crippen LogP contribution in [0.5, 0.6) is 0 Å². The van der Waals surface area contributed by atoms with E-state index in [1.165, 1.54) is 42.5 Å². The molecule has 8 heteroatoms. The predicted octanol–water partition coefficient (Wildman–Crippen LogP) is 5.03. The quantitative estimate of drug-likeness (QED) is 0.584. The molecule has 1 saturated heterocycles. The Balaban J connectivity index is 1.45. The van der Waals surface area contributed by atoms with Crippen LogP contribution in [-0.4, -0.2) is 42.7 Å². The molecule has 0 bridgehead atoms. The van der Waals surface area contributed by atoms with E-state index in [-0.39, 0.29) is 6.04 Å². The predicted molar refractivity (Wildman–Crippen MR) is 130 cm³/mol. The number of aromatic nitrogens is 5. The van der Waals surface area contributed by atoms with Crippen molar-refractivity contribution in [3.05, 3.63) is 27.9 Å². The Bertz CT molecular complexity index is 1090. The molecule has 0 aliphatic carbocycles. The second-order valence-electron chi connectivity index (χ2n) is 9.71. The molecule has 2 aliphatic heterocycles. The van der Waals surface area contributed by atoms with E-state index in [0.717, 1.165) is 72.0 Å². The molecule has 0 spiro atoms. The lowest BCUT2D eigenvalue weighted by atomic mass is 9.99. The van der Waals surface area contributed by atoms with E-state index in [1.807, 2.05) is 0 Å². The van der Waals surface area contributed by atoms with Gasteiger partial charge in [-0.2, -0.15) is 0 Å². The lowest BCUT2D eigenvalue weighted by Gasteiger charge is -2.29. The zero-order chi connectivity index (χ0) is 22.2. The highest BCUT2D eigenvalue weighted by Crippen LogP contribution is 2.35. The number of thiophene rings is 1. The summed E-state index contributed by atoms with van der Waals surface area (Å²) in [6, 6.07) is 0.0377. The molecule has 172 valence electrons. The molecule has 0 aromatic carbocycles. The number of likely N-dealkylation sites (tertiary alicyclic amines) is 1. The molecule has 3 aromatic rings. The number of piperidine rings is 1. The number of fused-ring (bicyclic) bond motifs is 2. The summed E-state index contributed by atoms with van der Waals surface area (Å²) in [7, 11) is 0. The highest BCUT2D eigenvalue weighted by molar-refractivity contribution is 7.18. The molecule has 0 radical (unpaired) electrons. The third-order valence-electron chi connectivity index (χ3n) is 7.19. The largest absolute Gasteiger partial charge is 0.360 e. The molecular weight excluding hydrogens is 418 g/mol. The standard InChI is InChI=1S/C24H35N7S/c1-15-9-12-30(13-10-15)14-19-26-22(21-16(2)18(4)32-24(21)27-19)25-17(3)23-29-28-20-8-6-5-7-11-31(20)23/h15,17H,5-14H2,1-4H3,(H,25,26,27)/t17-/m1/s1. The van der Waals surface area contributed by atoms with Gasteiger partial charge in [0, 0.05) is 17.8 Å². The van der Waals surface area contributed by atoms with E-state index in [9.17, 15) is 0 Å². The molecule has 32 heavy (non-hydrogen) atoms. The van der Waals surface area contributed by atoms with Crippen LogP contribution in [0.1, 0.15) is 79.9 Å². The molecule has 3 aromatic heterocycles. The van der Waals surface area contributed by atoms with Gasteiger partial charge >= 0.3 is 0 Å². The first-order chi connectivity index (χ1) is 15.5. The van der Waals surface area contributed by atoms with Gasteiger partial charge in [-0.3, -0.25) is 4.90 Å². The molecule has 1 fully saturated rings. The van der Waals surface area contributed by atoms with E-state index in [4.69, 9.17) is 9.97 Å². The molecule has 0 amide bonds. The van der Waals surface area contributed by atoms with Crippen LogP contribution >= 0.6 is 11.3 Å². The number of rotatable bonds is 5. The molecule has 5 heterocycles. The van der Waals surface area contributed by atoms with Gasteiger partial charge in [-0.25, -0.2) is 9.97 Å². The van der Waals surface area contributed by atoms with Gasteiger partial charge in [-0.1, -0.05) is 13.3 Å². The van der Waals surface area contributed by atoms with E-state index in [2.05, 4.69) is 52.7 Å². The molecule has 2 aliphatic rings. The van der Waals surface area contributed by atoms with Crippen molar-refractivity contribution in [2.45, 2.75) is 85.4 Å². The van der Waals surface area contributed by atoms with Gasteiger partial charge in [0.25, 0.3) is 0 Å². The Morgan fingerprint density at radius 3 is 2.69 bits per heavy atom. The molecule has 0 unspecified atom stereocenters. The monoisotopic (exact) mass is 453 g/mol. The minimum absolute atomic E-state index is 0.0377. The number of hydrogen-bond acceptors (Lipinski definition) is 7. The molecule has 5 rings (SSSR count). The maximum Gasteiger partial charge on any atom is 0.155 e. The van der Waals surface area contributed by atoms with E-state index in [1.54, 1.807) is 11.3 Å². The average molecular weight is 454 g/mol. The van der Waals surface area contributed by atoms with Crippen LogP contribution in [0, 0.1) is 19.8 Å². The first-order valence-electron chi connectivity index (χ1n) is 12.2. The van der Waals surface area contributed by atoms with Gasteiger partial charge in [0.15, 0.2) is 5.82 Å². The number of nitrogens with one attached hydrogen (secondary N) is 1. The summed E-state index contributed by atoms with van der Waals surface area (Å²) in [5, 5.41) is 13.9. The maximum atomic E-state index is 5.05. The summed E-state index contributed by atoms with van der Waals surface area (Å²) in [6.07, 6.45) is 7.23. The Morgan fingerprint density at radius 1 is 1.06 bits per heavy atom. The smallest absolute Gasteiger partial charge is 0.155 e. The highest BCUT2D eigenvalue weighted by atomic mass is 32.1. The van der Waals surface area contributed by atoms with Crippen molar-refractivity contribution in [2.75, 3.05) is 18.4 Å². The summed E-state index contributed by atoms with van der Waals surface area (Å²) in [5.74, 6) is 4.83. The van der Waals surface area contributed by atoms with Crippen molar-refractivity contribution >= 4 is 27.4 Å².